The second-order valence-electron chi connectivity index (χ2n) is 8.47. The van der Waals surface area contributed by atoms with Gasteiger partial charge in [0.15, 0.2) is 23.0 Å². The first-order chi connectivity index (χ1) is 16.9. The predicted octanol–water partition coefficient (Wildman–Crippen LogP) is 6.79. The first-order valence-electron chi connectivity index (χ1n) is 11.2. The lowest BCUT2D eigenvalue weighted by atomic mass is 9.66. The van der Waals surface area contributed by atoms with Crippen LogP contribution in [-0.4, -0.2) is 20.4 Å². The average Bonchev–Trinajstić information content (AvgIpc) is 3.17. The molecule has 1 aliphatic carbocycles. The third-order valence-corrected chi connectivity index (χ3v) is 6.72. The van der Waals surface area contributed by atoms with Crippen LogP contribution < -0.4 is 0 Å². The second kappa shape index (κ2) is 8.26. The molecule has 1 unspecified atom stereocenters. The molecular formula is C31H24O4. The van der Waals surface area contributed by atoms with Gasteiger partial charge in [-0.2, -0.15) is 0 Å². The molecule has 172 valence electrons. The Kier molecular flexibility index (Phi) is 5.22. The summed E-state index contributed by atoms with van der Waals surface area (Å²) in [6.07, 6.45) is 5.49. The molecule has 0 bridgehead atoms. The summed E-state index contributed by atoms with van der Waals surface area (Å²) < 4.78 is 0. The molecule has 5 rings (SSSR count). The van der Waals surface area contributed by atoms with Crippen molar-refractivity contribution in [1.29, 1.82) is 0 Å². The van der Waals surface area contributed by atoms with E-state index in [-0.39, 0.29) is 5.56 Å². The van der Waals surface area contributed by atoms with Gasteiger partial charge >= 0.3 is 0 Å². The van der Waals surface area contributed by atoms with Crippen molar-refractivity contribution >= 4 is 0 Å². The molecule has 0 fully saturated rings. The zero-order chi connectivity index (χ0) is 24.7. The molecule has 35 heavy (non-hydrogen) atoms. The minimum Gasteiger partial charge on any atom is -0.504 e. The highest BCUT2D eigenvalue weighted by Crippen LogP contribution is 2.58. The minimum absolute atomic E-state index is 0.0453. The molecule has 0 amide bonds. The van der Waals surface area contributed by atoms with Crippen molar-refractivity contribution in [3.63, 3.8) is 0 Å². The lowest BCUT2D eigenvalue weighted by molar-refractivity contribution is 0.375. The molecular weight excluding hydrogens is 436 g/mol. The third kappa shape index (κ3) is 3.07. The van der Waals surface area contributed by atoms with Crippen LogP contribution >= 0.6 is 0 Å². The summed E-state index contributed by atoms with van der Waals surface area (Å²) in [6.45, 7) is 8.03. The summed E-state index contributed by atoms with van der Waals surface area (Å²) in [5.74, 6) is -2.06. The van der Waals surface area contributed by atoms with Crippen molar-refractivity contribution in [3.8, 4) is 45.3 Å². The Labute approximate surface area is 203 Å². The minimum atomic E-state index is -0.747. The van der Waals surface area contributed by atoms with Crippen LogP contribution in [0.25, 0.3) is 22.3 Å². The van der Waals surface area contributed by atoms with E-state index in [1.54, 1.807) is 12.1 Å². The van der Waals surface area contributed by atoms with Crippen molar-refractivity contribution in [3.05, 3.63) is 133 Å². The van der Waals surface area contributed by atoms with E-state index in [1.807, 2.05) is 54.6 Å². The SMILES string of the molecule is C=C/C=C(\C=C)C1(c2ccccc2)c2ccccc2-c2ccc(-c3c(O)c(O)cc(O)c3O)cc21. The van der Waals surface area contributed by atoms with E-state index >= 15 is 0 Å². The van der Waals surface area contributed by atoms with Crippen molar-refractivity contribution < 1.29 is 20.4 Å². The quantitative estimate of drug-likeness (QED) is 0.150. The van der Waals surface area contributed by atoms with E-state index in [0.29, 0.717) is 5.56 Å². The maximum Gasteiger partial charge on any atom is 0.169 e. The van der Waals surface area contributed by atoms with Crippen LogP contribution in [0.5, 0.6) is 23.0 Å². The summed E-state index contributed by atoms with van der Waals surface area (Å²) in [7, 11) is 0. The van der Waals surface area contributed by atoms with E-state index < -0.39 is 28.4 Å². The predicted molar refractivity (Wildman–Crippen MR) is 139 cm³/mol. The molecule has 1 aliphatic rings. The molecule has 0 aliphatic heterocycles. The van der Waals surface area contributed by atoms with Crippen LogP contribution in [0.3, 0.4) is 0 Å². The molecule has 1 atom stereocenters. The number of aromatic hydroxyl groups is 4. The number of fused-ring (bicyclic) bond motifs is 3. The molecule has 0 aromatic heterocycles. The van der Waals surface area contributed by atoms with Crippen molar-refractivity contribution in [2.24, 2.45) is 0 Å². The van der Waals surface area contributed by atoms with Crippen LogP contribution in [0.4, 0.5) is 0 Å². The summed E-state index contributed by atoms with van der Waals surface area (Å²) in [6, 6.07) is 24.7. The average molecular weight is 461 g/mol. The number of benzene rings is 4. The van der Waals surface area contributed by atoms with Crippen LogP contribution in [0.15, 0.2) is 116 Å². The smallest absolute Gasteiger partial charge is 0.169 e. The fourth-order valence-corrected chi connectivity index (χ4v) is 5.29. The van der Waals surface area contributed by atoms with Crippen LogP contribution in [0, 0.1) is 0 Å². The summed E-state index contributed by atoms with van der Waals surface area (Å²) in [5, 5.41) is 41.5. The molecule has 0 spiro atoms. The topological polar surface area (TPSA) is 80.9 Å². The Morgan fingerprint density at radius 1 is 0.686 bits per heavy atom. The van der Waals surface area contributed by atoms with Crippen LogP contribution in [-0.2, 0) is 5.41 Å². The number of phenolic OH excluding ortho intramolecular Hbond substituents is 4. The fourth-order valence-electron chi connectivity index (χ4n) is 5.29. The van der Waals surface area contributed by atoms with Crippen LogP contribution in [0.1, 0.15) is 16.7 Å². The van der Waals surface area contributed by atoms with E-state index in [4.69, 9.17) is 0 Å². The maximum atomic E-state index is 10.6. The summed E-state index contributed by atoms with van der Waals surface area (Å²) in [5.41, 5.74) is 5.61. The molecule has 4 aromatic rings. The normalized spacial score (nSPS) is 16.4. The molecule has 4 nitrogen and oxygen atoms in total. The lowest BCUT2D eigenvalue weighted by Gasteiger charge is -2.34. The van der Waals surface area contributed by atoms with Gasteiger partial charge in [0.1, 0.15) is 0 Å². The van der Waals surface area contributed by atoms with E-state index in [0.717, 1.165) is 39.5 Å². The Hall–Kier alpha value is -4.70. The van der Waals surface area contributed by atoms with E-state index in [9.17, 15) is 20.4 Å². The maximum absolute atomic E-state index is 10.6. The van der Waals surface area contributed by atoms with Gasteiger partial charge in [-0.15, -0.1) is 0 Å². The first kappa shape index (κ1) is 22.1. The second-order valence-corrected chi connectivity index (χ2v) is 8.47. The largest absolute Gasteiger partial charge is 0.504 e. The van der Waals surface area contributed by atoms with Gasteiger partial charge < -0.3 is 20.4 Å². The standard InChI is InChI=1S/C31H24O4/c1-3-10-20(4-2)31(21-11-6-5-7-12-21)24-14-9-8-13-22(24)23-16-15-19(17-25(23)31)28-29(34)26(32)18-27(33)30(28)35/h3-18,32-35H,1-2H2/b20-10+. The zero-order valence-corrected chi connectivity index (χ0v) is 18.9. The van der Waals surface area contributed by atoms with Gasteiger partial charge in [-0.1, -0.05) is 98.1 Å². The van der Waals surface area contributed by atoms with Crippen molar-refractivity contribution in [2.75, 3.05) is 0 Å². The van der Waals surface area contributed by atoms with Gasteiger partial charge in [0.25, 0.3) is 0 Å². The highest BCUT2D eigenvalue weighted by molar-refractivity contribution is 5.91. The van der Waals surface area contributed by atoms with E-state index in [2.05, 4.69) is 37.4 Å². The van der Waals surface area contributed by atoms with Crippen molar-refractivity contribution in [2.45, 2.75) is 5.41 Å². The Bertz CT molecular complexity index is 1490. The Balaban J connectivity index is 1.93. The molecule has 4 aromatic carbocycles. The van der Waals surface area contributed by atoms with E-state index in [1.165, 1.54) is 0 Å². The Morgan fingerprint density at radius 3 is 1.97 bits per heavy atom. The van der Waals surface area contributed by atoms with Gasteiger partial charge in [-0.3, -0.25) is 0 Å². The monoisotopic (exact) mass is 460 g/mol. The molecule has 0 heterocycles. The van der Waals surface area contributed by atoms with Crippen molar-refractivity contribution in [1.82, 2.24) is 0 Å². The molecule has 0 radical (unpaired) electrons. The van der Waals surface area contributed by atoms with Crippen LogP contribution in [0.2, 0.25) is 0 Å². The number of hydrogen-bond acceptors (Lipinski definition) is 4. The molecule has 4 heteroatoms. The molecule has 0 saturated carbocycles. The highest BCUT2D eigenvalue weighted by Gasteiger charge is 2.46. The van der Waals surface area contributed by atoms with Gasteiger partial charge in [0, 0.05) is 6.07 Å². The summed E-state index contributed by atoms with van der Waals surface area (Å²) in [4.78, 5) is 0. The van der Waals surface area contributed by atoms with Gasteiger partial charge in [0.05, 0.1) is 11.0 Å². The summed E-state index contributed by atoms with van der Waals surface area (Å²) >= 11 is 0. The number of hydrogen-bond donors (Lipinski definition) is 4. The van der Waals surface area contributed by atoms with Gasteiger partial charge in [-0.25, -0.2) is 0 Å². The zero-order valence-electron chi connectivity index (χ0n) is 18.9. The lowest BCUT2D eigenvalue weighted by Crippen LogP contribution is -2.29. The fraction of sp³-hybridized carbons (Fsp3) is 0.0323. The number of allylic oxidation sites excluding steroid dienone is 4. The first-order valence-corrected chi connectivity index (χ1v) is 11.2. The third-order valence-electron chi connectivity index (χ3n) is 6.72. The number of phenols is 4. The van der Waals surface area contributed by atoms with Gasteiger partial charge in [0.2, 0.25) is 0 Å². The Morgan fingerprint density at radius 2 is 1.31 bits per heavy atom. The molecule has 0 saturated heterocycles. The number of rotatable bonds is 5. The molecule has 4 N–H and O–H groups in total. The highest BCUT2D eigenvalue weighted by atomic mass is 16.3. The van der Waals surface area contributed by atoms with Gasteiger partial charge in [-0.05, 0) is 45.0 Å².